The van der Waals surface area contributed by atoms with Gasteiger partial charge in [0.05, 0.1) is 0 Å². The number of carboxylic acids is 1. The molecule has 0 fully saturated rings. The van der Waals surface area contributed by atoms with E-state index < -0.39 is 5.97 Å². The highest BCUT2D eigenvalue weighted by Gasteiger charge is 2.11. The molecule has 0 radical (unpaired) electrons. The summed E-state index contributed by atoms with van der Waals surface area (Å²) in [7, 11) is 0. The molecular weight excluding hydrogens is 302 g/mol. The smallest absolute Gasteiger partial charge is 0.223 e. The fraction of sp³-hybridized carbons (Fsp3) is 0.200. The number of oxazole rings is 1. The van der Waals surface area contributed by atoms with Gasteiger partial charge >= 0.3 is 0 Å². The van der Waals surface area contributed by atoms with Crippen LogP contribution in [0.5, 0.6) is 0 Å². The van der Waals surface area contributed by atoms with Crippen LogP contribution in [-0.2, 0) is 4.79 Å². The van der Waals surface area contributed by atoms with Crippen LogP contribution in [0.25, 0.3) is 22.7 Å². The summed E-state index contributed by atoms with van der Waals surface area (Å²) in [6.45, 7) is 4.26. The number of fused-ring (bicyclic) bond motifs is 1. The number of aromatic nitrogens is 1. The minimum atomic E-state index is -1.16. The fourth-order valence-corrected chi connectivity index (χ4v) is 2.53. The Morgan fingerprint density at radius 1 is 1.17 bits per heavy atom. The summed E-state index contributed by atoms with van der Waals surface area (Å²) in [5, 5.41) is 11.1. The molecule has 1 aromatic heterocycles. The lowest BCUT2D eigenvalue weighted by molar-refractivity contribution is -0.304. The van der Waals surface area contributed by atoms with Gasteiger partial charge in [0, 0.05) is 18.0 Å². The number of hydrogen-bond acceptors (Lipinski definition) is 4. The molecule has 122 valence electrons. The summed E-state index contributed by atoms with van der Waals surface area (Å²) >= 11 is 0. The zero-order valence-corrected chi connectivity index (χ0v) is 13.7. The quantitative estimate of drug-likeness (QED) is 0.720. The lowest BCUT2D eigenvalue weighted by Gasteiger charge is -2.07. The maximum atomic E-state index is 11.1. The molecule has 0 aliphatic rings. The summed E-state index contributed by atoms with van der Waals surface area (Å²) in [6, 6.07) is 15.4. The summed E-state index contributed by atoms with van der Waals surface area (Å²) in [5.74, 6) is -0.404. The Morgan fingerprint density at radius 2 is 1.88 bits per heavy atom. The van der Waals surface area contributed by atoms with Crippen LogP contribution >= 0.6 is 0 Å². The van der Waals surface area contributed by atoms with E-state index >= 15 is 0 Å². The first-order chi connectivity index (χ1) is 11.5. The van der Waals surface area contributed by atoms with Crippen molar-refractivity contribution in [1.29, 1.82) is 0 Å². The second-order valence-electron chi connectivity index (χ2n) is 6.03. The predicted octanol–water partition coefficient (Wildman–Crippen LogP) is 3.63. The van der Waals surface area contributed by atoms with Crippen molar-refractivity contribution >= 4 is 28.7 Å². The second kappa shape index (κ2) is 6.71. The van der Waals surface area contributed by atoms with E-state index in [2.05, 4.69) is 18.8 Å². The van der Waals surface area contributed by atoms with E-state index in [1.807, 2.05) is 42.5 Å². The van der Waals surface area contributed by atoms with Crippen LogP contribution < -0.4 is 5.11 Å². The lowest BCUT2D eigenvalue weighted by atomic mass is 10.0. The molecule has 1 heterocycles. The average Bonchev–Trinajstić information content (AvgIpc) is 2.98. The molecule has 0 bridgehead atoms. The minimum absolute atomic E-state index is 0.251. The number of para-hydroxylation sites is 2. The van der Waals surface area contributed by atoms with E-state index in [1.54, 1.807) is 12.1 Å². The molecule has 3 rings (SSSR count). The molecule has 0 aliphatic heterocycles. The minimum Gasteiger partial charge on any atom is -0.550 e. The molecule has 3 aromatic rings. The highest BCUT2D eigenvalue weighted by atomic mass is 16.4. The highest BCUT2D eigenvalue weighted by molar-refractivity contribution is 5.90. The summed E-state index contributed by atoms with van der Waals surface area (Å²) < 4.78 is 5.69. The van der Waals surface area contributed by atoms with Gasteiger partial charge < -0.3 is 14.3 Å². The molecule has 0 saturated carbocycles. The maximum absolute atomic E-state index is 11.1. The van der Waals surface area contributed by atoms with Gasteiger partial charge in [0.1, 0.15) is 5.52 Å². The lowest BCUT2D eigenvalue weighted by Crippen LogP contribution is -2.22. The van der Waals surface area contributed by atoms with Crippen molar-refractivity contribution in [3.8, 4) is 0 Å². The van der Waals surface area contributed by atoms with Crippen LogP contribution in [0.4, 0.5) is 0 Å². The molecule has 0 unspecified atom stereocenters. The number of nitrogens with zero attached hydrogens (tertiary/aromatic N) is 1. The van der Waals surface area contributed by atoms with E-state index in [1.165, 1.54) is 5.56 Å². The fourth-order valence-electron chi connectivity index (χ4n) is 2.53. The third-order valence-corrected chi connectivity index (χ3v) is 3.85. The molecule has 0 saturated heterocycles. The van der Waals surface area contributed by atoms with Crippen molar-refractivity contribution in [2.75, 3.05) is 0 Å². The normalized spacial score (nSPS) is 12.0. The van der Waals surface area contributed by atoms with Gasteiger partial charge in [0.25, 0.3) is 0 Å². The van der Waals surface area contributed by atoms with Crippen LogP contribution in [0, 0.1) is 0 Å². The van der Waals surface area contributed by atoms with Gasteiger partial charge in [-0.1, -0.05) is 50.2 Å². The number of carboxylic acid groups (broad SMARTS) is 1. The Labute approximate surface area is 140 Å². The molecular formula is C20H18NO3-. The largest absolute Gasteiger partial charge is 0.550 e. The van der Waals surface area contributed by atoms with Crippen molar-refractivity contribution in [2.24, 2.45) is 0 Å². The number of hydrogen-bond donors (Lipinski definition) is 0. The van der Waals surface area contributed by atoms with Crippen molar-refractivity contribution in [3.05, 3.63) is 65.5 Å². The van der Waals surface area contributed by atoms with Crippen LogP contribution in [0.15, 0.2) is 52.9 Å². The molecule has 0 spiro atoms. The molecule has 0 amide bonds. The van der Waals surface area contributed by atoms with Crippen LogP contribution in [0.2, 0.25) is 0 Å². The standard InChI is InChI=1S/C20H19NO3/c1-13(2)15-9-7-14(8-10-15)11-16(12-19(22)23)20-21-17-5-3-4-6-18(17)24-20/h3-11,13H,12H2,1-2H3,(H,22,23)/p-1/b16-11+. The first-order valence-corrected chi connectivity index (χ1v) is 7.89. The van der Waals surface area contributed by atoms with Crippen LogP contribution in [0.1, 0.15) is 43.2 Å². The molecule has 4 nitrogen and oxygen atoms in total. The Morgan fingerprint density at radius 3 is 2.50 bits per heavy atom. The second-order valence-corrected chi connectivity index (χ2v) is 6.03. The molecule has 4 heteroatoms. The highest BCUT2D eigenvalue weighted by Crippen LogP contribution is 2.25. The van der Waals surface area contributed by atoms with Gasteiger partial charge in [-0.25, -0.2) is 4.98 Å². The summed E-state index contributed by atoms with van der Waals surface area (Å²) in [5.41, 5.74) is 3.95. The van der Waals surface area contributed by atoms with Gasteiger partial charge in [-0.05, 0) is 35.3 Å². The zero-order chi connectivity index (χ0) is 17.1. The number of aliphatic carboxylic acids is 1. The van der Waals surface area contributed by atoms with Gasteiger partial charge in [-0.15, -0.1) is 0 Å². The Hall–Kier alpha value is -2.88. The van der Waals surface area contributed by atoms with E-state index in [-0.39, 0.29) is 6.42 Å². The zero-order valence-electron chi connectivity index (χ0n) is 13.7. The van der Waals surface area contributed by atoms with E-state index in [0.29, 0.717) is 28.5 Å². The van der Waals surface area contributed by atoms with E-state index in [4.69, 9.17) is 4.42 Å². The first-order valence-electron chi connectivity index (χ1n) is 7.89. The van der Waals surface area contributed by atoms with Crippen molar-refractivity contribution < 1.29 is 14.3 Å². The van der Waals surface area contributed by atoms with Crippen molar-refractivity contribution in [2.45, 2.75) is 26.2 Å². The van der Waals surface area contributed by atoms with Gasteiger partial charge in [-0.2, -0.15) is 0 Å². The molecule has 0 N–H and O–H groups in total. The summed E-state index contributed by atoms with van der Waals surface area (Å²) in [4.78, 5) is 15.5. The number of rotatable bonds is 5. The number of carbonyl (C=O) groups is 1. The van der Waals surface area contributed by atoms with Gasteiger partial charge in [0.2, 0.25) is 5.89 Å². The summed E-state index contributed by atoms with van der Waals surface area (Å²) in [6.07, 6.45) is 1.53. The predicted molar refractivity (Wildman–Crippen MR) is 92.0 cm³/mol. The Kier molecular flexibility index (Phi) is 4.47. The Bertz CT molecular complexity index is 856. The SMILES string of the molecule is CC(C)c1ccc(/C=C(\CC(=O)[O-])c2nc3ccccc3o2)cc1. The van der Waals surface area contributed by atoms with Gasteiger partial charge in [0.15, 0.2) is 5.58 Å². The molecule has 0 atom stereocenters. The maximum Gasteiger partial charge on any atom is 0.223 e. The third-order valence-electron chi connectivity index (χ3n) is 3.85. The molecule has 0 aliphatic carbocycles. The monoisotopic (exact) mass is 320 g/mol. The number of benzene rings is 2. The number of carbonyl (C=O) groups excluding carboxylic acids is 1. The average molecular weight is 320 g/mol. The first kappa shape index (κ1) is 16.0. The topological polar surface area (TPSA) is 66.2 Å². The van der Waals surface area contributed by atoms with E-state index in [0.717, 1.165) is 5.56 Å². The third kappa shape index (κ3) is 3.54. The van der Waals surface area contributed by atoms with Gasteiger partial charge in [-0.3, -0.25) is 0 Å². The van der Waals surface area contributed by atoms with Crippen molar-refractivity contribution in [3.63, 3.8) is 0 Å². The molecule has 24 heavy (non-hydrogen) atoms. The van der Waals surface area contributed by atoms with Crippen molar-refractivity contribution in [1.82, 2.24) is 4.98 Å². The van der Waals surface area contributed by atoms with Crippen LogP contribution in [-0.4, -0.2) is 11.0 Å². The Balaban J connectivity index is 2.00. The molecule has 2 aromatic carbocycles. The van der Waals surface area contributed by atoms with Crippen LogP contribution in [0.3, 0.4) is 0 Å². The van der Waals surface area contributed by atoms with E-state index in [9.17, 15) is 9.90 Å².